The minimum atomic E-state index is -0.136. The van der Waals surface area contributed by atoms with Crippen molar-refractivity contribution in [2.45, 2.75) is 45.6 Å². The number of nitrogens with two attached hydrogens (primary N) is 1. The number of piperidine rings is 1. The van der Waals surface area contributed by atoms with Gasteiger partial charge in [-0.15, -0.1) is 0 Å². The van der Waals surface area contributed by atoms with E-state index in [1.54, 1.807) is 7.11 Å². The van der Waals surface area contributed by atoms with Gasteiger partial charge < -0.3 is 15.4 Å². The molecule has 0 aromatic rings. The molecule has 1 fully saturated rings. The summed E-state index contributed by atoms with van der Waals surface area (Å²) in [6.07, 6.45) is 3.88. The van der Waals surface area contributed by atoms with Gasteiger partial charge in [0.25, 0.3) is 0 Å². The van der Waals surface area contributed by atoms with Gasteiger partial charge >= 0.3 is 0 Å². The van der Waals surface area contributed by atoms with E-state index in [0.717, 1.165) is 19.5 Å². The van der Waals surface area contributed by atoms with Gasteiger partial charge in [-0.05, 0) is 31.1 Å². The molecule has 0 aromatic carbocycles. The maximum Gasteiger partial charge on any atom is 0.225 e. The van der Waals surface area contributed by atoms with Crippen LogP contribution in [0.4, 0.5) is 0 Å². The quantitative estimate of drug-likeness (QED) is 0.786. The molecule has 1 aliphatic rings. The van der Waals surface area contributed by atoms with E-state index in [2.05, 4.69) is 13.8 Å². The number of likely N-dealkylation sites (tertiary alicyclic amines) is 1. The molecule has 0 aromatic heterocycles. The van der Waals surface area contributed by atoms with Crippen molar-refractivity contribution in [3.8, 4) is 0 Å². The maximum absolute atomic E-state index is 12.1. The average Bonchev–Trinajstić information content (AvgIpc) is 2.35. The van der Waals surface area contributed by atoms with Crippen LogP contribution in [0.15, 0.2) is 0 Å². The number of amides is 1. The fourth-order valence-electron chi connectivity index (χ4n) is 2.74. The Morgan fingerprint density at radius 3 is 2.78 bits per heavy atom. The van der Waals surface area contributed by atoms with Crippen molar-refractivity contribution in [1.29, 1.82) is 0 Å². The molecule has 1 rings (SSSR count). The molecular weight excluding hydrogens is 228 g/mol. The van der Waals surface area contributed by atoms with Crippen molar-refractivity contribution in [3.05, 3.63) is 0 Å². The molecule has 18 heavy (non-hydrogen) atoms. The van der Waals surface area contributed by atoms with Gasteiger partial charge in [0.2, 0.25) is 5.91 Å². The van der Waals surface area contributed by atoms with Crippen LogP contribution in [0, 0.1) is 11.8 Å². The van der Waals surface area contributed by atoms with Crippen molar-refractivity contribution in [1.82, 2.24) is 4.90 Å². The van der Waals surface area contributed by atoms with Gasteiger partial charge in [-0.25, -0.2) is 0 Å². The smallest absolute Gasteiger partial charge is 0.225 e. The molecule has 2 N–H and O–H groups in total. The summed E-state index contributed by atoms with van der Waals surface area (Å²) >= 11 is 0. The fourth-order valence-corrected chi connectivity index (χ4v) is 2.74. The van der Waals surface area contributed by atoms with Crippen molar-refractivity contribution in [3.63, 3.8) is 0 Å². The van der Waals surface area contributed by atoms with Gasteiger partial charge in [0, 0.05) is 26.7 Å². The second-order valence-electron chi connectivity index (χ2n) is 5.78. The van der Waals surface area contributed by atoms with Crippen LogP contribution in [0.5, 0.6) is 0 Å². The second kappa shape index (κ2) is 7.74. The Kier molecular flexibility index (Phi) is 6.65. The monoisotopic (exact) mass is 256 g/mol. The molecule has 0 aliphatic carbocycles. The van der Waals surface area contributed by atoms with Crippen molar-refractivity contribution in [2.24, 2.45) is 17.6 Å². The van der Waals surface area contributed by atoms with Crippen LogP contribution in [0.3, 0.4) is 0 Å². The molecule has 4 heteroatoms. The first-order valence-electron chi connectivity index (χ1n) is 7.07. The summed E-state index contributed by atoms with van der Waals surface area (Å²) in [4.78, 5) is 14.1. The maximum atomic E-state index is 12.1. The third kappa shape index (κ3) is 4.94. The number of methoxy groups -OCH3 is 1. The Morgan fingerprint density at radius 1 is 1.50 bits per heavy atom. The van der Waals surface area contributed by atoms with Crippen molar-refractivity contribution < 1.29 is 9.53 Å². The second-order valence-corrected chi connectivity index (χ2v) is 5.78. The van der Waals surface area contributed by atoms with Gasteiger partial charge in [-0.3, -0.25) is 4.79 Å². The highest BCUT2D eigenvalue weighted by Crippen LogP contribution is 2.23. The van der Waals surface area contributed by atoms with Gasteiger partial charge in [-0.1, -0.05) is 13.8 Å². The van der Waals surface area contributed by atoms with Crippen molar-refractivity contribution in [2.75, 3.05) is 26.7 Å². The first-order valence-corrected chi connectivity index (χ1v) is 7.07. The minimum Gasteiger partial charge on any atom is -0.380 e. The van der Waals surface area contributed by atoms with Crippen molar-refractivity contribution >= 4 is 5.91 Å². The zero-order chi connectivity index (χ0) is 13.5. The fraction of sp³-hybridized carbons (Fsp3) is 0.929. The molecule has 0 bridgehead atoms. The number of carbonyl (C=O) groups is 1. The Morgan fingerprint density at radius 2 is 2.22 bits per heavy atom. The molecule has 4 nitrogen and oxygen atoms in total. The third-order valence-electron chi connectivity index (χ3n) is 3.67. The number of rotatable bonds is 6. The molecule has 0 radical (unpaired) electrons. The van der Waals surface area contributed by atoms with Crippen LogP contribution in [-0.4, -0.2) is 43.7 Å². The lowest BCUT2D eigenvalue weighted by atomic mass is 9.89. The van der Waals surface area contributed by atoms with E-state index in [1.807, 2.05) is 4.90 Å². The molecular formula is C14H28N2O2. The Bertz CT molecular complexity index is 252. The molecule has 1 heterocycles. The highest BCUT2D eigenvalue weighted by molar-refractivity contribution is 5.76. The summed E-state index contributed by atoms with van der Waals surface area (Å²) in [5.41, 5.74) is 5.56. The summed E-state index contributed by atoms with van der Waals surface area (Å²) in [6.45, 7) is 6.71. The first kappa shape index (κ1) is 15.4. The minimum absolute atomic E-state index is 0.136. The van der Waals surface area contributed by atoms with E-state index < -0.39 is 0 Å². The number of carbonyl (C=O) groups excluding carboxylic acids is 1. The summed E-state index contributed by atoms with van der Waals surface area (Å²) in [5, 5.41) is 0. The summed E-state index contributed by atoms with van der Waals surface area (Å²) in [6, 6.07) is 0. The molecule has 0 spiro atoms. The van der Waals surface area contributed by atoms with Gasteiger partial charge in [0.15, 0.2) is 0 Å². The van der Waals surface area contributed by atoms with E-state index in [-0.39, 0.29) is 12.0 Å². The van der Waals surface area contributed by atoms with Gasteiger partial charge in [0.1, 0.15) is 0 Å². The lowest BCUT2D eigenvalue weighted by Gasteiger charge is -2.34. The molecule has 2 unspecified atom stereocenters. The third-order valence-corrected chi connectivity index (χ3v) is 3.67. The van der Waals surface area contributed by atoms with Crippen LogP contribution < -0.4 is 5.73 Å². The van der Waals surface area contributed by atoms with Crippen LogP contribution in [0.25, 0.3) is 0 Å². The van der Waals surface area contributed by atoms with E-state index >= 15 is 0 Å². The van der Waals surface area contributed by atoms with Gasteiger partial charge in [0.05, 0.1) is 12.5 Å². The van der Waals surface area contributed by atoms with Crippen LogP contribution >= 0.6 is 0 Å². The Labute approximate surface area is 111 Å². The number of hydrogen-bond acceptors (Lipinski definition) is 3. The highest BCUT2D eigenvalue weighted by atomic mass is 16.5. The van der Waals surface area contributed by atoms with E-state index in [0.29, 0.717) is 24.8 Å². The summed E-state index contributed by atoms with van der Waals surface area (Å²) < 4.78 is 5.18. The summed E-state index contributed by atoms with van der Waals surface area (Å²) in [7, 11) is 1.61. The molecule has 106 valence electrons. The number of hydrogen-bond donors (Lipinski definition) is 1. The largest absolute Gasteiger partial charge is 0.380 e. The molecule has 1 aliphatic heterocycles. The normalized spacial score (nSPS) is 22.3. The number of ether oxygens (including phenoxy) is 1. The molecule has 1 amide bonds. The zero-order valence-corrected chi connectivity index (χ0v) is 12.0. The van der Waals surface area contributed by atoms with Crippen LogP contribution in [-0.2, 0) is 9.53 Å². The summed E-state index contributed by atoms with van der Waals surface area (Å²) in [5.74, 6) is 1.57. The lowest BCUT2D eigenvalue weighted by molar-refractivity contribution is -0.135. The standard InChI is InChI=1S/C14H28N2O2/c1-11(2)7-12-5-4-6-16(10-12)14(17)8-13(9-15)18-3/h11-13H,4-10,15H2,1-3H3. The molecule has 1 saturated heterocycles. The SMILES string of the molecule is COC(CN)CC(=O)N1CCCC(CC(C)C)C1. The van der Waals surface area contributed by atoms with E-state index in [4.69, 9.17) is 10.5 Å². The molecule has 0 saturated carbocycles. The van der Waals surface area contributed by atoms with Crippen LogP contribution in [0.1, 0.15) is 39.5 Å². The zero-order valence-electron chi connectivity index (χ0n) is 12.0. The van der Waals surface area contributed by atoms with E-state index in [1.165, 1.54) is 12.8 Å². The highest BCUT2D eigenvalue weighted by Gasteiger charge is 2.25. The van der Waals surface area contributed by atoms with Crippen LogP contribution in [0.2, 0.25) is 0 Å². The lowest BCUT2D eigenvalue weighted by Crippen LogP contribution is -2.42. The van der Waals surface area contributed by atoms with Gasteiger partial charge in [-0.2, -0.15) is 0 Å². The Balaban J connectivity index is 2.42. The molecule has 2 atom stereocenters. The topological polar surface area (TPSA) is 55.6 Å². The first-order chi connectivity index (χ1) is 8.56. The number of nitrogens with zero attached hydrogens (tertiary/aromatic N) is 1. The average molecular weight is 256 g/mol. The Hall–Kier alpha value is -0.610. The predicted octanol–water partition coefficient (Wildman–Crippen LogP) is 1.63. The van der Waals surface area contributed by atoms with E-state index in [9.17, 15) is 4.79 Å². The predicted molar refractivity (Wildman–Crippen MR) is 73.2 cm³/mol.